The normalized spacial score (nSPS) is 16.1. The highest BCUT2D eigenvalue weighted by Crippen LogP contribution is 2.35. The van der Waals surface area contributed by atoms with Crippen LogP contribution >= 0.6 is 11.3 Å². The third kappa shape index (κ3) is 4.41. The first-order valence-electron chi connectivity index (χ1n) is 11.2. The van der Waals surface area contributed by atoms with Crippen LogP contribution in [0.3, 0.4) is 0 Å². The largest absolute Gasteiger partial charge is 0.337 e. The van der Waals surface area contributed by atoms with Gasteiger partial charge in [0.2, 0.25) is 0 Å². The van der Waals surface area contributed by atoms with Crippen molar-refractivity contribution in [2.45, 2.75) is 32.6 Å². The van der Waals surface area contributed by atoms with Crippen molar-refractivity contribution in [3.63, 3.8) is 0 Å². The standard InChI is InChI=1S/C26H25N5OS/c1-17-24(33-18(2)29-17)26(32)31-14-6-9-21(16-31)23-22(19-7-4-3-5-8-19)15-28-25(30-23)20-10-12-27-13-11-20/h3-5,7-8,10-13,15,21H,6,9,14,16H2,1-2H3/t21-/m1/s1. The Kier molecular flexibility index (Phi) is 5.96. The number of piperidine rings is 1. The number of aryl methyl sites for hydroxylation is 2. The van der Waals surface area contributed by atoms with Gasteiger partial charge in [-0.1, -0.05) is 30.3 Å². The molecule has 4 aromatic rings. The molecule has 1 atom stereocenters. The molecule has 1 fully saturated rings. The second-order valence-electron chi connectivity index (χ2n) is 8.33. The van der Waals surface area contributed by atoms with Gasteiger partial charge in [0.15, 0.2) is 5.82 Å². The van der Waals surface area contributed by atoms with Crippen LogP contribution in [0.1, 0.15) is 44.8 Å². The van der Waals surface area contributed by atoms with E-state index in [1.165, 1.54) is 11.3 Å². The number of aromatic nitrogens is 4. The van der Waals surface area contributed by atoms with Crippen LogP contribution in [0, 0.1) is 13.8 Å². The van der Waals surface area contributed by atoms with Crippen LogP contribution in [-0.4, -0.2) is 43.8 Å². The minimum absolute atomic E-state index is 0.0764. The van der Waals surface area contributed by atoms with E-state index in [-0.39, 0.29) is 11.8 Å². The summed E-state index contributed by atoms with van der Waals surface area (Å²) in [6.45, 7) is 5.26. The van der Waals surface area contributed by atoms with Gasteiger partial charge in [0, 0.05) is 48.7 Å². The summed E-state index contributed by atoms with van der Waals surface area (Å²) in [5, 5.41) is 0.925. The summed E-state index contributed by atoms with van der Waals surface area (Å²) >= 11 is 1.48. The maximum atomic E-state index is 13.3. The zero-order chi connectivity index (χ0) is 22.8. The molecule has 4 heterocycles. The van der Waals surface area contributed by atoms with Gasteiger partial charge in [0.1, 0.15) is 4.88 Å². The highest BCUT2D eigenvalue weighted by molar-refractivity contribution is 7.13. The molecule has 0 spiro atoms. The molecule has 7 heteroatoms. The SMILES string of the molecule is Cc1nc(C)c(C(=O)N2CCC[C@@H](c3nc(-c4ccncc4)ncc3-c3ccccc3)C2)s1. The van der Waals surface area contributed by atoms with Crippen molar-refractivity contribution in [2.75, 3.05) is 13.1 Å². The van der Waals surface area contributed by atoms with Crippen molar-refractivity contribution in [3.05, 3.63) is 82.3 Å². The van der Waals surface area contributed by atoms with Crippen molar-refractivity contribution in [2.24, 2.45) is 0 Å². The van der Waals surface area contributed by atoms with Crippen LogP contribution in [-0.2, 0) is 0 Å². The van der Waals surface area contributed by atoms with Gasteiger partial charge >= 0.3 is 0 Å². The highest BCUT2D eigenvalue weighted by atomic mass is 32.1. The Morgan fingerprint density at radius 3 is 2.55 bits per heavy atom. The maximum Gasteiger partial charge on any atom is 0.265 e. The number of hydrogen-bond donors (Lipinski definition) is 0. The Morgan fingerprint density at radius 2 is 1.82 bits per heavy atom. The second kappa shape index (κ2) is 9.19. The summed E-state index contributed by atoms with van der Waals surface area (Å²) in [7, 11) is 0. The van der Waals surface area contributed by atoms with Crippen LogP contribution in [0.2, 0.25) is 0 Å². The summed E-state index contributed by atoms with van der Waals surface area (Å²) in [5.41, 5.74) is 4.86. The number of thiazole rings is 1. The molecule has 6 nitrogen and oxygen atoms in total. The van der Waals surface area contributed by atoms with Crippen molar-refractivity contribution < 1.29 is 4.79 Å². The average molecular weight is 456 g/mol. The number of hydrogen-bond acceptors (Lipinski definition) is 6. The van der Waals surface area contributed by atoms with Crippen molar-refractivity contribution in [3.8, 4) is 22.5 Å². The number of benzene rings is 1. The monoisotopic (exact) mass is 455 g/mol. The average Bonchev–Trinajstić information content (AvgIpc) is 3.22. The summed E-state index contributed by atoms with van der Waals surface area (Å²) in [4.78, 5) is 34.3. The third-order valence-corrected chi connectivity index (χ3v) is 7.10. The number of nitrogens with zero attached hydrogens (tertiary/aromatic N) is 5. The van der Waals surface area contributed by atoms with E-state index in [1.807, 2.05) is 55.3 Å². The molecule has 1 aliphatic rings. The predicted molar refractivity (Wildman–Crippen MR) is 130 cm³/mol. The molecule has 0 radical (unpaired) electrons. The van der Waals surface area contributed by atoms with Gasteiger partial charge in [-0.3, -0.25) is 9.78 Å². The third-order valence-electron chi connectivity index (χ3n) is 6.03. The van der Waals surface area contributed by atoms with Crippen LogP contribution in [0.25, 0.3) is 22.5 Å². The first kappa shape index (κ1) is 21.4. The molecule has 0 saturated carbocycles. The van der Waals surface area contributed by atoms with E-state index in [9.17, 15) is 4.79 Å². The topological polar surface area (TPSA) is 71.9 Å². The molecular formula is C26H25N5OS. The first-order chi connectivity index (χ1) is 16.1. The highest BCUT2D eigenvalue weighted by Gasteiger charge is 2.30. The quantitative estimate of drug-likeness (QED) is 0.418. The summed E-state index contributed by atoms with van der Waals surface area (Å²) in [6, 6.07) is 14.1. The summed E-state index contributed by atoms with van der Waals surface area (Å²) in [5.74, 6) is 0.896. The van der Waals surface area contributed by atoms with Gasteiger partial charge in [0.25, 0.3) is 5.91 Å². The van der Waals surface area contributed by atoms with Crippen LogP contribution in [0.4, 0.5) is 0 Å². The predicted octanol–water partition coefficient (Wildman–Crippen LogP) is 5.30. The van der Waals surface area contributed by atoms with Gasteiger partial charge in [-0.2, -0.15) is 0 Å². The molecule has 3 aromatic heterocycles. The minimum atomic E-state index is 0.0764. The van der Waals surface area contributed by atoms with Gasteiger partial charge in [-0.15, -0.1) is 11.3 Å². The van der Waals surface area contributed by atoms with Crippen LogP contribution in [0.5, 0.6) is 0 Å². The number of pyridine rings is 1. The molecule has 33 heavy (non-hydrogen) atoms. The van der Waals surface area contributed by atoms with Crippen molar-refractivity contribution >= 4 is 17.2 Å². The molecule has 0 aliphatic carbocycles. The van der Waals surface area contributed by atoms with Crippen molar-refractivity contribution in [1.29, 1.82) is 0 Å². The lowest BCUT2D eigenvalue weighted by molar-refractivity contribution is 0.0710. The molecule has 1 amide bonds. The number of amides is 1. The number of rotatable bonds is 4. The van der Waals surface area contributed by atoms with Crippen molar-refractivity contribution in [1.82, 2.24) is 24.8 Å². The van der Waals surface area contributed by atoms with E-state index in [4.69, 9.17) is 4.98 Å². The minimum Gasteiger partial charge on any atom is -0.337 e. The Balaban J connectivity index is 1.52. The fourth-order valence-electron chi connectivity index (χ4n) is 4.44. The van der Waals surface area contributed by atoms with Gasteiger partial charge in [-0.25, -0.2) is 15.0 Å². The number of carbonyl (C=O) groups excluding carboxylic acids is 1. The molecule has 166 valence electrons. The molecule has 0 N–H and O–H groups in total. The van der Waals surface area contributed by atoms with Gasteiger partial charge in [0.05, 0.1) is 16.4 Å². The lowest BCUT2D eigenvalue weighted by Crippen LogP contribution is -2.39. The smallest absolute Gasteiger partial charge is 0.265 e. The number of likely N-dealkylation sites (tertiary alicyclic amines) is 1. The fourth-order valence-corrected chi connectivity index (χ4v) is 5.33. The Labute approximate surface area is 197 Å². The molecule has 0 unspecified atom stereocenters. The molecular weight excluding hydrogens is 430 g/mol. The second-order valence-corrected chi connectivity index (χ2v) is 9.54. The lowest BCUT2D eigenvalue weighted by atomic mass is 9.89. The summed E-state index contributed by atoms with van der Waals surface area (Å²) in [6.07, 6.45) is 7.35. The van der Waals surface area contributed by atoms with Gasteiger partial charge in [-0.05, 0) is 44.4 Å². The van der Waals surface area contributed by atoms with E-state index in [0.29, 0.717) is 12.4 Å². The Morgan fingerprint density at radius 1 is 1.03 bits per heavy atom. The molecule has 1 aliphatic heterocycles. The maximum absolute atomic E-state index is 13.3. The van der Waals surface area contributed by atoms with E-state index in [0.717, 1.165) is 57.3 Å². The molecule has 1 aromatic carbocycles. The van der Waals surface area contributed by atoms with Crippen LogP contribution < -0.4 is 0 Å². The lowest BCUT2D eigenvalue weighted by Gasteiger charge is -2.33. The van der Waals surface area contributed by atoms with E-state index < -0.39 is 0 Å². The molecule has 5 rings (SSSR count). The molecule has 1 saturated heterocycles. The fraction of sp³-hybridized carbons (Fsp3) is 0.269. The zero-order valence-electron chi connectivity index (χ0n) is 18.7. The Hall–Kier alpha value is -3.45. The van der Waals surface area contributed by atoms with E-state index in [1.54, 1.807) is 12.4 Å². The van der Waals surface area contributed by atoms with Crippen LogP contribution in [0.15, 0.2) is 61.1 Å². The van der Waals surface area contributed by atoms with E-state index >= 15 is 0 Å². The first-order valence-corrected chi connectivity index (χ1v) is 12.0. The van der Waals surface area contributed by atoms with E-state index in [2.05, 4.69) is 27.1 Å². The Bertz CT molecular complexity index is 1270. The number of carbonyl (C=O) groups is 1. The summed E-state index contributed by atoms with van der Waals surface area (Å²) < 4.78 is 0. The van der Waals surface area contributed by atoms with Gasteiger partial charge < -0.3 is 4.90 Å². The molecule has 0 bridgehead atoms. The zero-order valence-corrected chi connectivity index (χ0v) is 19.5.